The maximum absolute atomic E-state index is 14.0. The van der Waals surface area contributed by atoms with E-state index in [-0.39, 0.29) is 23.0 Å². The van der Waals surface area contributed by atoms with Crippen LogP contribution in [0.5, 0.6) is 0 Å². The number of aromatic nitrogens is 3. The number of hydrogen-bond donors (Lipinski definition) is 1. The van der Waals surface area contributed by atoms with Crippen LogP contribution in [0.25, 0.3) is 22.0 Å². The molecule has 0 radical (unpaired) electrons. The number of aromatic amines is 1. The van der Waals surface area contributed by atoms with Gasteiger partial charge in [0.1, 0.15) is 35.0 Å². The molecule has 154 valence electrons. The molecule has 0 aliphatic rings. The Bertz CT molecular complexity index is 1490. The molecule has 0 fully saturated rings. The molecular formula is C22H12F3N3O3. The second kappa shape index (κ2) is 6.98. The van der Waals surface area contributed by atoms with E-state index in [0.717, 1.165) is 0 Å². The van der Waals surface area contributed by atoms with Crippen molar-refractivity contribution in [3.8, 4) is 0 Å². The number of para-hydroxylation sites is 2. The van der Waals surface area contributed by atoms with Crippen LogP contribution in [-0.2, 0) is 6.54 Å². The normalized spacial score (nSPS) is 11.5. The number of H-pyrrole nitrogens is 1. The molecule has 0 aliphatic heterocycles. The third kappa shape index (κ3) is 3.10. The SMILES string of the molecule is O=C(c1c(F)cc(F)cc1F)c1c[nH]c2c(=O)n(Cc3nc4ccccc4o3)ccc12. The quantitative estimate of drug-likeness (QED) is 0.440. The second-order valence-corrected chi connectivity index (χ2v) is 6.89. The smallest absolute Gasteiger partial charge is 0.275 e. The van der Waals surface area contributed by atoms with Gasteiger partial charge in [-0.25, -0.2) is 18.2 Å². The Morgan fingerprint density at radius 3 is 2.58 bits per heavy atom. The van der Waals surface area contributed by atoms with Gasteiger partial charge in [0.25, 0.3) is 5.56 Å². The van der Waals surface area contributed by atoms with Crippen molar-refractivity contribution >= 4 is 27.8 Å². The maximum atomic E-state index is 14.0. The van der Waals surface area contributed by atoms with Gasteiger partial charge in [0.15, 0.2) is 5.58 Å². The van der Waals surface area contributed by atoms with Crippen molar-refractivity contribution in [1.29, 1.82) is 0 Å². The number of halogens is 3. The molecule has 0 bridgehead atoms. The molecule has 3 heterocycles. The molecule has 0 atom stereocenters. The van der Waals surface area contributed by atoms with Crippen LogP contribution >= 0.6 is 0 Å². The summed E-state index contributed by atoms with van der Waals surface area (Å²) < 4.78 is 48.2. The Balaban J connectivity index is 1.54. The lowest BCUT2D eigenvalue weighted by Gasteiger charge is -2.05. The first-order valence-corrected chi connectivity index (χ1v) is 9.16. The number of ketones is 1. The zero-order valence-corrected chi connectivity index (χ0v) is 15.7. The summed E-state index contributed by atoms with van der Waals surface area (Å²) in [5, 5.41) is 0.187. The molecule has 3 aromatic heterocycles. The molecule has 0 saturated carbocycles. The number of fused-ring (bicyclic) bond motifs is 2. The third-order valence-corrected chi connectivity index (χ3v) is 4.94. The van der Waals surface area contributed by atoms with E-state index in [1.54, 1.807) is 18.2 Å². The van der Waals surface area contributed by atoms with Gasteiger partial charge in [0.05, 0.1) is 5.56 Å². The van der Waals surface area contributed by atoms with Crippen LogP contribution < -0.4 is 5.56 Å². The Hall–Kier alpha value is -4.14. The summed E-state index contributed by atoms with van der Waals surface area (Å²) in [6, 6.07) is 9.50. The summed E-state index contributed by atoms with van der Waals surface area (Å²) in [7, 11) is 0. The van der Waals surface area contributed by atoms with Crippen molar-refractivity contribution in [2.24, 2.45) is 0 Å². The van der Waals surface area contributed by atoms with Crippen LogP contribution in [0, 0.1) is 17.5 Å². The van der Waals surface area contributed by atoms with Crippen molar-refractivity contribution in [3.05, 3.63) is 99.7 Å². The van der Waals surface area contributed by atoms with E-state index in [4.69, 9.17) is 4.42 Å². The number of nitrogens with zero attached hydrogens (tertiary/aromatic N) is 2. The zero-order valence-electron chi connectivity index (χ0n) is 15.7. The van der Waals surface area contributed by atoms with Crippen molar-refractivity contribution in [3.63, 3.8) is 0 Å². The van der Waals surface area contributed by atoms with Crippen LogP contribution in [-0.4, -0.2) is 20.3 Å². The Kier molecular flexibility index (Phi) is 4.25. The Labute approximate surface area is 171 Å². The molecule has 0 spiro atoms. The monoisotopic (exact) mass is 423 g/mol. The van der Waals surface area contributed by atoms with Crippen LogP contribution in [0.15, 0.2) is 64.1 Å². The molecule has 9 heteroatoms. The van der Waals surface area contributed by atoms with E-state index in [2.05, 4.69) is 9.97 Å². The summed E-state index contributed by atoms with van der Waals surface area (Å²) in [5.74, 6) is -4.45. The fourth-order valence-electron chi connectivity index (χ4n) is 3.50. The molecule has 0 unspecified atom stereocenters. The molecule has 5 rings (SSSR count). The van der Waals surface area contributed by atoms with Crippen LogP contribution in [0.3, 0.4) is 0 Å². The molecule has 0 aliphatic carbocycles. The minimum Gasteiger partial charge on any atom is -0.439 e. The number of carbonyl (C=O) groups excluding carboxylic acids is 1. The molecular weight excluding hydrogens is 411 g/mol. The summed E-state index contributed by atoms with van der Waals surface area (Å²) >= 11 is 0. The largest absolute Gasteiger partial charge is 0.439 e. The van der Waals surface area contributed by atoms with Gasteiger partial charge >= 0.3 is 0 Å². The van der Waals surface area contributed by atoms with E-state index in [1.165, 1.54) is 23.0 Å². The van der Waals surface area contributed by atoms with Crippen molar-refractivity contribution in [2.75, 3.05) is 0 Å². The number of oxazole rings is 1. The molecule has 0 amide bonds. The van der Waals surface area contributed by atoms with Gasteiger partial charge in [0.2, 0.25) is 11.7 Å². The van der Waals surface area contributed by atoms with E-state index < -0.39 is 34.4 Å². The zero-order chi connectivity index (χ0) is 21.7. The summed E-state index contributed by atoms with van der Waals surface area (Å²) in [6.45, 7) is 0.0486. The number of benzene rings is 2. The second-order valence-electron chi connectivity index (χ2n) is 6.89. The lowest BCUT2D eigenvalue weighted by Crippen LogP contribution is -2.20. The Morgan fingerprint density at radius 1 is 1.10 bits per heavy atom. The molecule has 2 aromatic carbocycles. The summed E-state index contributed by atoms with van der Waals surface area (Å²) in [5.41, 5.74) is -0.155. The van der Waals surface area contributed by atoms with Crippen LogP contribution in [0.2, 0.25) is 0 Å². The molecule has 1 N–H and O–H groups in total. The summed E-state index contributed by atoms with van der Waals surface area (Å²) in [4.78, 5) is 32.6. The molecule has 5 aromatic rings. The number of carbonyl (C=O) groups is 1. The predicted octanol–water partition coefficient (Wildman–Crippen LogP) is 4.17. The minimum atomic E-state index is -1.32. The fraction of sp³-hybridized carbons (Fsp3) is 0.0455. The van der Waals surface area contributed by atoms with Gasteiger partial charge in [-0.05, 0) is 18.2 Å². The van der Waals surface area contributed by atoms with E-state index in [1.807, 2.05) is 6.07 Å². The van der Waals surface area contributed by atoms with Gasteiger partial charge in [-0.3, -0.25) is 9.59 Å². The average Bonchev–Trinajstić information content (AvgIpc) is 3.33. The first-order chi connectivity index (χ1) is 14.9. The van der Waals surface area contributed by atoms with Gasteiger partial charge in [-0.2, -0.15) is 0 Å². The maximum Gasteiger partial charge on any atom is 0.275 e. The van der Waals surface area contributed by atoms with Gasteiger partial charge in [-0.1, -0.05) is 12.1 Å². The fourth-order valence-corrected chi connectivity index (χ4v) is 3.50. The van der Waals surface area contributed by atoms with E-state index in [9.17, 15) is 22.8 Å². The van der Waals surface area contributed by atoms with Gasteiger partial charge in [-0.15, -0.1) is 0 Å². The molecule has 0 saturated heterocycles. The van der Waals surface area contributed by atoms with Gasteiger partial charge in [0, 0.05) is 35.5 Å². The van der Waals surface area contributed by atoms with Crippen molar-refractivity contribution in [1.82, 2.24) is 14.5 Å². The predicted molar refractivity (Wildman–Crippen MR) is 105 cm³/mol. The molecule has 31 heavy (non-hydrogen) atoms. The van der Waals surface area contributed by atoms with Crippen molar-refractivity contribution in [2.45, 2.75) is 6.54 Å². The number of rotatable bonds is 4. The van der Waals surface area contributed by atoms with Crippen molar-refractivity contribution < 1.29 is 22.4 Å². The number of pyridine rings is 1. The van der Waals surface area contributed by atoms with Gasteiger partial charge < -0.3 is 14.0 Å². The summed E-state index contributed by atoms with van der Waals surface area (Å²) in [6.07, 6.45) is 2.63. The van der Waals surface area contributed by atoms with E-state index in [0.29, 0.717) is 29.1 Å². The third-order valence-electron chi connectivity index (χ3n) is 4.94. The average molecular weight is 423 g/mol. The van der Waals surface area contributed by atoms with E-state index >= 15 is 0 Å². The standard InChI is InChI=1S/C22H12F3N3O3/c23-11-7-14(24)19(15(25)8-11)21(29)13-9-26-20-12(13)5-6-28(22(20)30)10-18-27-16-3-1-2-4-17(16)31-18/h1-9,26H,10H2. The molecule has 6 nitrogen and oxygen atoms in total. The highest BCUT2D eigenvalue weighted by Crippen LogP contribution is 2.23. The first-order valence-electron chi connectivity index (χ1n) is 9.16. The highest BCUT2D eigenvalue weighted by Gasteiger charge is 2.24. The van der Waals surface area contributed by atoms with Crippen LogP contribution in [0.4, 0.5) is 13.2 Å². The highest BCUT2D eigenvalue weighted by molar-refractivity contribution is 6.16. The number of hydrogen-bond acceptors (Lipinski definition) is 4. The first kappa shape index (κ1) is 18.9. The van der Waals surface area contributed by atoms with Crippen LogP contribution in [0.1, 0.15) is 21.8 Å². The highest BCUT2D eigenvalue weighted by atomic mass is 19.1. The lowest BCUT2D eigenvalue weighted by atomic mass is 10.0. The number of nitrogens with one attached hydrogen (secondary N) is 1. The minimum absolute atomic E-state index is 0.0486. The Morgan fingerprint density at radius 2 is 1.84 bits per heavy atom. The lowest BCUT2D eigenvalue weighted by molar-refractivity contribution is 0.103. The topological polar surface area (TPSA) is 80.9 Å².